The van der Waals surface area contributed by atoms with Crippen molar-refractivity contribution in [2.24, 2.45) is 0 Å². The number of carbonyl (C=O) groups excluding carboxylic acids is 3. The molecule has 25 N–H and O–H groups in total. The molecule has 0 aromatic carbocycles. The zero-order valence-corrected chi connectivity index (χ0v) is 78.2. The largest absolute Gasteiger partial charge is 0.394 e. The van der Waals surface area contributed by atoms with E-state index in [0.717, 1.165) is 71.6 Å². The van der Waals surface area contributed by atoms with Gasteiger partial charge in [-0.1, -0.05) is 193 Å². The molecule has 0 aromatic heterocycles. The summed E-state index contributed by atoms with van der Waals surface area (Å²) >= 11 is 0. The molecular formula is C90H161N3O41. The quantitative estimate of drug-likeness (QED) is 0.0204. The van der Waals surface area contributed by atoms with Crippen LogP contribution in [0.5, 0.6) is 0 Å². The molecule has 0 bridgehead atoms. The third-order valence-electron chi connectivity index (χ3n) is 26.4. The number of ether oxygens (including phenoxy) is 16. The van der Waals surface area contributed by atoms with Gasteiger partial charge in [-0.2, -0.15) is 0 Å². The van der Waals surface area contributed by atoms with E-state index >= 15 is 0 Å². The molecule has 8 rings (SSSR count). The number of nitrogens with one attached hydrogen (secondary N) is 3. The van der Waals surface area contributed by atoms with Crippen LogP contribution in [0.25, 0.3) is 0 Å². The fourth-order valence-electron chi connectivity index (χ4n) is 18.3. The molecule has 8 aliphatic heterocycles. The highest BCUT2D eigenvalue weighted by Gasteiger charge is 2.61. The molecule has 8 aliphatic rings. The first-order valence-electron chi connectivity index (χ1n) is 48.7. The van der Waals surface area contributed by atoms with Crippen LogP contribution < -0.4 is 16.0 Å². The minimum absolute atomic E-state index is 0.149. The Labute approximate surface area is 783 Å². The van der Waals surface area contributed by atoms with E-state index in [-0.39, 0.29) is 12.3 Å². The summed E-state index contributed by atoms with van der Waals surface area (Å²) in [6, 6.07) is -5.06. The number of aliphatic hydroxyl groups excluding tert-OH is 22. The van der Waals surface area contributed by atoms with Crippen molar-refractivity contribution < 1.29 is 203 Å². The third kappa shape index (κ3) is 33.1. The zero-order valence-electron chi connectivity index (χ0n) is 78.2. The number of rotatable bonds is 58. The van der Waals surface area contributed by atoms with Crippen molar-refractivity contribution in [3.05, 3.63) is 12.2 Å². The molecule has 16 unspecified atom stereocenters. The predicted molar refractivity (Wildman–Crippen MR) is 465 cm³/mol. The van der Waals surface area contributed by atoms with E-state index < -0.39 is 316 Å². The molecule has 782 valence electrons. The van der Waals surface area contributed by atoms with E-state index in [1.54, 1.807) is 6.08 Å². The number of unbranched alkanes of at least 4 members (excludes halogenated alkanes) is 27. The van der Waals surface area contributed by atoms with Gasteiger partial charge < -0.3 is 204 Å². The summed E-state index contributed by atoms with van der Waals surface area (Å²) < 4.78 is 97.2. The van der Waals surface area contributed by atoms with E-state index in [1.807, 2.05) is 6.08 Å². The van der Waals surface area contributed by atoms with Crippen molar-refractivity contribution in [3.63, 3.8) is 0 Å². The second-order valence-electron chi connectivity index (χ2n) is 36.9. The van der Waals surface area contributed by atoms with Gasteiger partial charge in [-0.25, -0.2) is 0 Å². The van der Waals surface area contributed by atoms with Crippen molar-refractivity contribution >= 4 is 17.7 Å². The Bertz CT molecular complexity index is 3270. The molecule has 8 saturated heterocycles. The molecular weight excluding hydrogens is 1780 g/mol. The molecule has 134 heavy (non-hydrogen) atoms. The van der Waals surface area contributed by atoms with Crippen molar-refractivity contribution in [1.82, 2.24) is 16.0 Å². The lowest BCUT2D eigenvalue weighted by Crippen LogP contribution is -2.71. The summed E-state index contributed by atoms with van der Waals surface area (Å²) in [6.45, 7) is 1.81. The minimum Gasteiger partial charge on any atom is -0.394 e. The maximum atomic E-state index is 13.7. The van der Waals surface area contributed by atoms with Gasteiger partial charge in [0.2, 0.25) is 17.7 Å². The summed E-state index contributed by atoms with van der Waals surface area (Å²) in [7, 11) is 0. The van der Waals surface area contributed by atoms with Crippen molar-refractivity contribution in [1.29, 1.82) is 0 Å². The summed E-state index contributed by atoms with van der Waals surface area (Å²) in [6.07, 6.45) is -40.8. The Morgan fingerprint density at radius 2 is 0.634 bits per heavy atom. The Morgan fingerprint density at radius 3 is 1.11 bits per heavy atom. The highest BCUT2D eigenvalue weighted by molar-refractivity contribution is 5.76. The van der Waals surface area contributed by atoms with Crippen LogP contribution in [-0.4, -0.2) is 434 Å². The molecule has 0 aromatic rings. The molecule has 42 atom stereocenters. The Kier molecular flexibility index (Phi) is 51.6. The van der Waals surface area contributed by atoms with Gasteiger partial charge in [-0.05, 0) is 33.1 Å². The first-order chi connectivity index (χ1) is 64.2. The lowest BCUT2D eigenvalue weighted by atomic mass is 9.93. The maximum Gasteiger partial charge on any atom is 0.220 e. The topological polar surface area (TPSA) is 680 Å². The molecule has 3 amide bonds. The van der Waals surface area contributed by atoms with Crippen LogP contribution in [-0.2, 0) is 90.2 Å². The molecule has 8 fully saturated rings. The monoisotopic (exact) mass is 1940 g/mol. The van der Waals surface area contributed by atoms with Crippen LogP contribution >= 0.6 is 0 Å². The molecule has 0 spiro atoms. The van der Waals surface area contributed by atoms with Crippen molar-refractivity contribution in [2.45, 2.75) is 492 Å². The maximum absolute atomic E-state index is 13.7. The van der Waals surface area contributed by atoms with Gasteiger partial charge in [0.15, 0.2) is 50.3 Å². The number of allylic oxidation sites excluding steroid dienone is 1. The van der Waals surface area contributed by atoms with Gasteiger partial charge in [0, 0.05) is 20.3 Å². The molecule has 0 saturated carbocycles. The number of aliphatic hydroxyl groups is 22. The summed E-state index contributed by atoms with van der Waals surface area (Å²) in [4.78, 5) is 40.4. The van der Waals surface area contributed by atoms with Gasteiger partial charge in [0.1, 0.15) is 183 Å². The van der Waals surface area contributed by atoms with Crippen LogP contribution in [0.15, 0.2) is 12.2 Å². The smallest absolute Gasteiger partial charge is 0.220 e. The van der Waals surface area contributed by atoms with Crippen LogP contribution in [0, 0.1) is 0 Å². The molecule has 44 nitrogen and oxygen atoms in total. The van der Waals surface area contributed by atoms with E-state index in [4.69, 9.17) is 75.8 Å². The number of carbonyl (C=O) groups is 3. The molecule has 44 heteroatoms. The number of hydrogen-bond acceptors (Lipinski definition) is 41. The van der Waals surface area contributed by atoms with Crippen LogP contribution in [0.4, 0.5) is 0 Å². The van der Waals surface area contributed by atoms with Gasteiger partial charge in [0.25, 0.3) is 0 Å². The number of hydrogen-bond donors (Lipinski definition) is 25. The second kappa shape index (κ2) is 59.6. The van der Waals surface area contributed by atoms with Crippen LogP contribution in [0.3, 0.4) is 0 Å². The SMILES string of the molecule is CCCCCCCCCCCCC/C=C/[C@@H](O)[C@H](CO[C@@H]1OC(CO)[C@@H](O[C@@H]2OC(CO)[C@H](O)[C@H](O[C@@H]3OC(CO)[C@@H](O[C@@H]4OC(CO)[C@H](O)[C@H](O[C@H]5OC(CO)[C@H](O)[C@H](O[C@@H]6OC(CO)[C@H](O)[C@H](O)C6O[C@H]6OC(C)[C@@H](O)C(O)[C@@H]6O)C5NC(C)=O)C4O[C@H]4OC(C)[C@@H](O)C(O)[C@@H]4O)[C@H](O)C3NC(C)=O)C2O)[C@H](O)C1O)NC(=O)CCCCCCCCCCCCCCCCCCC. The Morgan fingerprint density at radius 1 is 0.306 bits per heavy atom. The van der Waals surface area contributed by atoms with Gasteiger partial charge >= 0.3 is 0 Å². The third-order valence-corrected chi connectivity index (χ3v) is 26.4. The predicted octanol–water partition coefficient (Wildman–Crippen LogP) is -3.94. The van der Waals surface area contributed by atoms with Crippen LogP contribution in [0.1, 0.15) is 234 Å². The van der Waals surface area contributed by atoms with Gasteiger partial charge in [-0.15, -0.1) is 0 Å². The van der Waals surface area contributed by atoms with E-state index in [0.29, 0.717) is 12.8 Å². The Hall–Kier alpha value is -3.37. The van der Waals surface area contributed by atoms with E-state index in [1.165, 1.54) is 129 Å². The fourth-order valence-corrected chi connectivity index (χ4v) is 18.3. The highest BCUT2D eigenvalue weighted by atomic mass is 16.8. The first-order valence-corrected chi connectivity index (χ1v) is 48.7. The summed E-state index contributed by atoms with van der Waals surface area (Å²) in [5, 5.41) is 258. The van der Waals surface area contributed by atoms with Crippen LogP contribution in [0.2, 0.25) is 0 Å². The van der Waals surface area contributed by atoms with E-state index in [2.05, 4.69) is 29.8 Å². The van der Waals surface area contributed by atoms with Crippen molar-refractivity contribution in [2.75, 3.05) is 46.2 Å². The molecule has 8 heterocycles. The lowest BCUT2D eigenvalue weighted by Gasteiger charge is -2.52. The number of amides is 3. The zero-order chi connectivity index (χ0) is 98.0. The van der Waals surface area contributed by atoms with Gasteiger partial charge in [-0.3, -0.25) is 14.4 Å². The lowest BCUT2D eigenvalue weighted by molar-refractivity contribution is -0.406. The standard InChI is InChI=1S/C90H161N3O41/c1-7-9-11-13-15-17-19-21-22-23-24-26-28-30-32-34-36-38-58(103)93-50(51(102)37-35-33-31-29-27-25-20-18-16-14-12-10-8-2)45-119-85-74(117)71(114)77(57(44-99)127-85)128-88-75(118)79(65(108)54(41-96)123-88)131-83-59(91-48(5)100)67(110)76(56(43-98)126-83)129-90-82(134-87-73(116)69(112)62(105)47(4)121-87)80(66(109)55(42-97)125-90)132-84-60(92-49(6)101)78(64(107)53(40-95)122-84)130-89-81(70(113)63(106)52(39-94)124-89)133-86-72(115)68(111)61(104)46(3)120-86/h35,37,46-47,50-57,59-90,94-99,102,104-118H,7-34,36,38-45H2,1-6H3,(H,91,100)(H,92,101)(H,93,103)/b37-35+/t46?,47?,50-,51+,52?,53?,54?,55?,56?,57?,59?,60?,61+,62+,63-,64-,65-,66-,67+,68?,69?,70-,71+,72-,73-,74?,75?,76+,77+,78+,79-,80-,81?,82?,83-,84+,85+,86+,87+,88-,89-,90-/m0/s1. The summed E-state index contributed by atoms with van der Waals surface area (Å²) in [5.41, 5.74) is 0. The Balaban J connectivity index is 0.972. The molecule has 0 aliphatic carbocycles. The normalized spacial score (nSPS) is 40.0. The fraction of sp³-hybridized carbons (Fsp3) is 0.944. The summed E-state index contributed by atoms with van der Waals surface area (Å²) in [5.74, 6) is -2.27. The van der Waals surface area contributed by atoms with Gasteiger partial charge in [0.05, 0.1) is 70.6 Å². The molecule has 0 radical (unpaired) electrons. The highest BCUT2D eigenvalue weighted by Crippen LogP contribution is 2.41. The first kappa shape index (κ1) is 116. The second-order valence-corrected chi connectivity index (χ2v) is 36.9. The van der Waals surface area contributed by atoms with E-state index in [9.17, 15) is 127 Å². The minimum atomic E-state index is -2.31. The average Bonchev–Trinajstić information content (AvgIpc) is 0.770. The van der Waals surface area contributed by atoms with Crippen molar-refractivity contribution in [3.8, 4) is 0 Å². The average molecular weight is 1940 g/mol.